The van der Waals surface area contributed by atoms with Gasteiger partial charge < -0.3 is 74.1 Å². The average Bonchev–Trinajstić information content (AvgIpc) is 1.70. The second-order valence-electron chi connectivity index (χ2n) is 19.5. The van der Waals surface area contributed by atoms with E-state index in [0.717, 1.165) is 11.1 Å². The molecule has 0 spiro atoms. The van der Waals surface area contributed by atoms with Gasteiger partial charge in [-0.25, -0.2) is 39.1 Å². The van der Waals surface area contributed by atoms with Crippen LogP contribution in [0.5, 0.6) is 0 Å². The van der Waals surface area contributed by atoms with Crippen LogP contribution >= 0.6 is 7.14 Å². The Morgan fingerprint density at radius 3 is 1.04 bits per heavy atom. The summed E-state index contributed by atoms with van der Waals surface area (Å²) in [6, 6.07) is 17.6. The number of nitrogens with two attached hydrogens (primary N) is 1. The Morgan fingerprint density at radius 2 is 0.849 bits per heavy atom. The summed E-state index contributed by atoms with van der Waals surface area (Å²) >= 11 is 0. The molecule has 0 bridgehead atoms. The van der Waals surface area contributed by atoms with E-state index >= 15 is 0 Å². The van der Waals surface area contributed by atoms with Crippen LogP contribution in [-0.4, -0.2) is 148 Å². The largest absolute Gasteiger partial charge is 0.468 e. The third-order valence-corrected chi connectivity index (χ3v) is 11.0. The Hall–Kier alpha value is -8.16. The van der Waals surface area contributed by atoms with Crippen LogP contribution in [0.4, 0.5) is 9.59 Å². The molecule has 3 unspecified atom stereocenters. The minimum atomic E-state index is -2.88. The number of Topliss-reactive ketones (excluding diaryl/α,β-unsaturated/α-hetero) is 1. The van der Waals surface area contributed by atoms with Crippen LogP contribution in [0, 0.1) is 10.8 Å². The van der Waals surface area contributed by atoms with Crippen LogP contribution in [0.15, 0.2) is 147 Å². The summed E-state index contributed by atoms with van der Waals surface area (Å²) < 4.78 is 40.1. The summed E-state index contributed by atoms with van der Waals surface area (Å²) in [6.07, 6.45) is 18.8. The molecule has 0 saturated heterocycles. The summed E-state index contributed by atoms with van der Waals surface area (Å²) in [4.78, 5) is 103. The van der Waals surface area contributed by atoms with E-state index < -0.39 is 43.1 Å². The molecule has 0 aliphatic carbocycles. The Bertz CT molecular complexity index is 2510. The maximum absolute atomic E-state index is 12.0. The Kier molecular flexibility index (Phi) is 72.5. The van der Waals surface area contributed by atoms with Crippen LogP contribution in [0.3, 0.4) is 0 Å². The number of aromatic nitrogens is 8. The number of likely N-dealkylation sites (N-methyl/N-ethyl adjacent to an activating group) is 1. The number of ether oxygens (including phenoxy) is 6. The second kappa shape index (κ2) is 66.8. The first-order valence-corrected chi connectivity index (χ1v) is 32.2. The smallest absolute Gasteiger partial charge is 0.412 e. The van der Waals surface area contributed by atoms with Gasteiger partial charge in [0.05, 0.1) is 53.7 Å². The van der Waals surface area contributed by atoms with Gasteiger partial charge in [-0.1, -0.05) is 158 Å². The van der Waals surface area contributed by atoms with Gasteiger partial charge in [0, 0.05) is 68.1 Å². The van der Waals surface area contributed by atoms with E-state index in [4.69, 9.17) is 15.2 Å². The summed E-state index contributed by atoms with van der Waals surface area (Å²) in [5, 5.41) is 7.58. The van der Waals surface area contributed by atoms with Crippen molar-refractivity contribution in [2.45, 2.75) is 156 Å². The van der Waals surface area contributed by atoms with Crippen molar-refractivity contribution in [3.63, 3.8) is 0 Å². The van der Waals surface area contributed by atoms with Crippen molar-refractivity contribution in [1.82, 2.24) is 55.8 Å². The minimum absolute atomic E-state index is 0. The van der Waals surface area contributed by atoms with E-state index in [1.54, 1.807) is 108 Å². The van der Waals surface area contributed by atoms with E-state index in [-0.39, 0.29) is 72.1 Å². The number of carbonyl (C=O) groups is 7. The number of nitrogens with zero attached hydrogens (tertiary/aromatic N) is 4. The molecule has 2 aromatic carbocycles. The summed E-state index contributed by atoms with van der Waals surface area (Å²) in [5.41, 5.74) is 7.64. The zero-order chi connectivity index (χ0) is 72.6. The third-order valence-electron chi connectivity index (χ3n) is 9.45. The molecule has 9 N–H and O–H groups in total. The first-order valence-electron chi connectivity index (χ1n) is 29.5. The van der Waals surface area contributed by atoms with Gasteiger partial charge in [-0.2, -0.15) is 0 Å². The number of aromatic amines is 4. The van der Waals surface area contributed by atoms with Gasteiger partial charge >= 0.3 is 36.1 Å². The van der Waals surface area contributed by atoms with Crippen LogP contribution in [0.2, 0.25) is 0 Å². The van der Waals surface area contributed by atoms with Gasteiger partial charge in [0.2, 0.25) is 0 Å². The number of allylic oxidation sites excluding steroid dienone is 1. The number of hydrogen-bond acceptors (Lipinski definition) is 20. The predicted molar refractivity (Wildman–Crippen MR) is 365 cm³/mol. The van der Waals surface area contributed by atoms with E-state index in [1.165, 1.54) is 55.6 Å². The van der Waals surface area contributed by atoms with E-state index in [9.17, 15) is 38.1 Å². The molecule has 3 atom stereocenters. The van der Waals surface area contributed by atoms with E-state index in [0.29, 0.717) is 5.57 Å². The molecule has 93 heavy (non-hydrogen) atoms. The molecule has 28 heteroatoms. The molecular weight excluding hydrogens is 1250 g/mol. The fraction of sp³-hybridized carbons (Fsp3) is 0.492. The molecule has 4 heterocycles. The standard InChI is InChI=1S/C14H17NO4.C13H18NO5P.C8H17NO2.C7H15NO2.4C3H4N2.C3H6O.4C2H6.V/c1-10(2)12(13(16)18-3)15-14(17)19-9-11-7-5-4-6-8-11;1-18-12(15)11(20(2,3)17)14-13(16)19-9-10-7-5-4-6-8-10;1-8(2,3)6(9-4)7(10)11-5;1-7(2,3)5(8)6(9)10-4;4*1-2-5-3-4-1;1-3(2)4;4*1-2;/h4-8H,9H2,1-3H3,(H,15,17);4-8,11H,9H2,1-3H3,(H,14,16);6,9H,1-5H3;5H,8H2,1-4H3;4*1-3H,(H,4,5);1-2H3;4*1-2H3;. The molecule has 1 radical (unpaired) electrons. The number of alkyl carbamates (subject to hydrolysis) is 2. The minimum Gasteiger partial charge on any atom is -0.468 e. The van der Waals surface area contributed by atoms with Gasteiger partial charge in [-0.3, -0.25) is 14.9 Å². The molecule has 0 fully saturated rings. The number of amides is 2. The molecule has 2 amide bonds. The van der Waals surface area contributed by atoms with Crippen LogP contribution in [-0.2, 0) is 88.7 Å². The number of nitrogens with one attached hydrogen (secondary N) is 7. The maximum atomic E-state index is 12.0. The van der Waals surface area contributed by atoms with Crippen molar-refractivity contribution in [2.24, 2.45) is 16.6 Å². The quantitative estimate of drug-likeness (QED) is 0.0244. The van der Waals surface area contributed by atoms with Crippen LogP contribution in [0.1, 0.15) is 136 Å². The number of H-pyrrole nitrogens is 4. The molecular formula is C65H113N12O14PV. The normalized spacial score (nSPS) is 10.1. The first-order chi connectivity index (χ1) is 43.4. The molecule has 0 aliphatic rings. The van der Waals surface area contributed by atoms with Gasteiger partial charge in [0.25, 0.3) is 0 Å². The van der Waals surface area contributed by atoms with Crippen molar-refractivity contribution in [3.8, 4) is 0 Å². The Morgan fingerprint density at radius 1 is 0.527 bits per heavy atom. The number of ketones is 1. The number of rotatable bonds is 12. The number of imidazole rings is 4. The zero-order valence-corrected chi connectivity index (χ0v) is 62.1. The summed E-state index contributed by atoms with van der Waals surface area (Å²) in [6.45, 7) is 37.1. The van der Waals surface area contributed by atoms with Gasteiger partial charge in [-0.05, 0) is 75.6 Å². The zero-order valence-electron chi connectivity index (χ0n) is 59.8. The average molecular weight is 1370 g/mol. The number of carbonyl (C=O) groups excluding carboxylic acids is 7. The van der Waals surface area contributed by atoms with Gasteiger partial charge in [-0.15, -0.1) is 0 Å². The molecule has 6 aromatic rings. The Labute approximate surface area is 566 Å². The van der Waals surface area contributed by atoms with Gasteiger partial charge in [0.1, 0.15) is 43.9 Å². The molecule has 4 aromatic heterocycles. The topological polar surface area (TPSA) is 369 Å². The number of methoxy groups -OCH3 is 4. The number of hydrogen-bond donors (Lipinski definition) is 8. The maximum Gasteiger partial charge on any atom is 0.412 e. The molecule has 0 saturated carbocycles. The SMILES string of the molecule is CC.CC.CC.CC.CC(C)=O.CNC(C(=O)OC)C(C)(C)C.COC(=O)C(N)C(C)(C)C.COC(=O)C(NC(=O)OCc1ccccc1)=C(C)C.COC(=O)C(NC(=O)OCc1ccccc1)P(C)(C)=O.[V].c1c[nH]cn1.c1c[nH]cn1.c1c[nH]cn1.c1c[nH]cn1. The second-order valence-corrected chi connectivity index (χ2v) is 22.9. The van der Waals surface area contributed by atoms with Crippen molar-refractivity contribution < 1.29 is 85.1 Å². The monoisotopic (exact) mass is 1370 g/mol. The van der Waals surface area contributed by atoms with E-state index in [2.05, 4.69) is 74.8 Å². The van der Waals surface area contributed by atoms with Crippen LogP contribution in [0.25, 0.3) is 0 Å². The number of esters is 4. The van der Waals surface area contributed by atoms with Gasteiger partial charge in [0.15, 0.2) is 5.78 Å². The summed E-state index contributed by atoms with van der Waals surface area (Å²) in [5.74, 6) is -2.95. The first kappa shape index (κ1) is 101. The van der Waals surface area contributed by atoms with Crippen molar-refractivity contribution in [3.05, 3.63) is 158 Å². The molecule has 6 rings (SSSR count). The fourth-order valence-electron chi connectivity index (χ4n) is 5.16. The Balaban J connectivity index is -0.000000151. The molecule has 26 nitrogen and oxygen atoms in total. The van der Waals surface area contributed by atoms with Crippen molar-refractivity contribution in [2.75, 3.05) is 48.8 Å². The number of benzene rings is 2. The van der Waals surface area contributed by atoms with Crippen LogP contribution < -0.4 is 21.7 Å². The van der Waals surface area contributed by atoms with Crippen molar-refractivity contribution >= 4 is 49.0 Å². The fourth-order valence-corrected chi connectivity index (χ4v) is 6.19. The third kappa shape index (κ3) is 63.8. The predicted octanol–water partition coefficient (Wildman–Crippen LogP) is 12.1. The van der Waals surface area contributed by atoms with E-state index in [1.807, 2.05) is 145 Å². The van der Waals surface area contributed by atoms with Crippen molar-refractivity contribution in [1.29, 1.82) is 0 Å². The summed E-state index contributed by atoms with van der Waals surface area (Å²) in [7, 11) is 4.04. The molecule has 527 valence electrons. The molecule has 0 aliphatic heterocycles.